The third kappa shape index (κ3) is 0.789. The van der Waals surface area contributed by atoms with Gasteiger partial charge in [-0.25, -0.2) is 0 Å². The second-order valence-corrected chi connectivity index (χ2v) is 6.27. The highest BCUT2D eigenvalue weighted by Gasteiger charge is 2.74. The predicted octanol–water partition coefficient (Wildman–Crippen LogP) is 3.57. The molecule has 0 aromatic heterocycles. The summed E-state index contributed by atoms with van der Waals surface area (Å²) < 4.78 is 0. The van der Waals surface area contributed by atoms with E-state index in [0.717, 1.165) is 40.9 Å². The summed E-state index contributed by atoms with van der Waals surface area (Å²) in [6.45, 7) is 9.89. The van der Waals surface area contributed by atoms with Crippen LogP contribution in [0.15, 0.2) is 0 Å². The van der Waals surface area contributed by atoms with Crippen LogP contribution in [0.2, 0.25) is 0 Å². The molecule has 7 atom stereocenters. The van der Waals surface area contributed by atoms with Gasteiger partial charge in [0, 0.05) is 0 Å². The molecule has 0 aromatic rings. The molecule has 0 heterocycles. The van der Waals surface area contributed by atoms with E-state index in [2.05, 4.69) is 27.7 Å². The van der Waals surface area contributed by atoms with Gasteiger partial charge >= 0.3 is 0 Å². The molecule has 0 aliphatic heterocycles. The van der Waals surface area contributed by atoms with Crippen molar-refractivity contribution >= 4 is 0 Å². The largest absolute Gasteiger partial charge is 0.0622 e. The normalized spacial score (nSPS) is 69.2. The van der Waals surface area contributed by atoms with Gasteiger partial charge in [0.1, 0.15) is 0 Å². The van der Waals surface area contributed by atoms with Gasteiger partial charge in [-0.1, -0.05) is 27.7 Å². The first-order valence-electron chi connectivity index (χ1n) is 6.09. The van der Waals surface area contributed by atoms with Crippen LogP contribution in [-0.2, 0) is 0 Å². The minimum absolute atomic E-state index is 0.842. The highest BCUT2D eigenvalue weighted by atomic mass is 14.8. The van der Waals surface area contributed by atoms with Crippen molar-refractivity contribution in [3.05, 3.63) is 0 Å². The first-order chi connectivity index (χ1) is 6.09. The summed E-state index contributed by atoms with van der Waals surface area (Å²) in [4.78, 5) is 0. The zero-order valence-corrected chi connectivity index (χ0v) is 9.38. The molecule has 3 saturated carbocycles. The molecule has 0 bridgehead atoms. The van der Waals surface area contributed by atoms with Gasteiger partial charge in [-0.15, -0.1) is 0 Å². The van der Waals surface area contributed by atoms with Crippen LogP contribution in [0.1, 0.15) is 40.5 Å². The summed E-state index contributed by atoms with van der Waals surface area (Å²) >= 11 is 0. The van der Waals surface area contributed by atoms with Crippen molar-refractivity contribution in [2.24, 2.45) is 40.9 Å². The molecule has 74 valence electrons. The number of hydrogen-bond acceptors (Lipinski definition) is 0. The standard InChI is InChI=1S/C13H22/c1-7-5-11(7)12-10(4)13(12)6-8(2)9(13)3/h7-12H,5-6H2,1-4H3. The van der Waals surface area contributed by atoms with Crippen LogP contribution < -0.4 is 0 Å². The van der Waals surface area contributed by atoms with Crippen molar-refractivity contribution in [1.29, 1.82) is 0 Å². The molecule has 7 unspecified atom stereocenters. The monoisotopic (exact) mass is 178 g/mol. The lowest BCUT2D eigenvalue weighted by molar-refractivity contribution is 0.0486. The van der Waals surface area contributed by atoms with Crippen LogP contribution in [0.3, 0.4) is 0 Å². The molecule has 3 aliphatic rings. The Hall–Kier alpha value is 0. The van der Waals surface area contributed by atoms with Crippen LogP contribution in [0.4, 0.5) is 0 Å². The maximum Gasteiger partial charge on any atom is -0.0204 e. The van der Waals surface area contributed by atoms with E-state index >= 15 is 0 Å². The second-order valence-electron chi connectivity index (χ2n) is 6.27. The summed E-state index contributed by atoms with van der Waals surface area (Å²) in [5, 5.41) is 0. The lowest BCUT2D eigenvalue weighted by atomic mass is 9.61. The molecule has 0 amide bonds. The molecule has 0 heteroatoms. The summed E-state index contributed by atoms with van der Waals surface area (Å²) in [7, 11) is 0. The van der Waals surface area contributed by atoms with E-state index in [0.29, 0.717) is 0 Å². The molecular weight excluding hydrogens is 156 g/mol. The third-order valence-electron chi connectivity index (χ3n) is 5.91. The number of hydrogen-bond donors (Lipinski definition) is 0. The quantitative estimate of drug-likeness (QED) is 0.576. The average molecular weight is 178 g/mol. The summed E-state index contributed by atoms with van der Waals surface area (Å²) in [6, 6.07) is 0. The molecule has 3 aliphatic carbocycles. The highest BCUT2D eigenvalue weighted by Crippen LogP contribution is 2.79. The van der Waals surface area contributed by atoms with Gasteiger partial charge in [0.15, 0.2) is 0 Å². The second kappa shape index (κ2) is 2.15. The Labute approximate surface area is 82.1 Å². The maximum absolute atomic E-state index is 2.51. The van der Waals surface area contributed by atoms with Crippen LogP contribution in [0.5, 0.6) is 0 Å². The van der Waals surface area contributed by atoms with Crippen molar-refractivity contribution in [2.45, 2.75) is 40.5 Å². The molecule has 0 aromatic carbocycles. The molecular formula is C13H22. The van der Waals surface area contributed by atoms with E-state index in [4.69, 9.17) is 0 Å². The topological polar surface area (TPSA) is 0 Å². The van der Waals surface area contributed by atoms with Crippen molar-refractivity contribution in [2.75, 3.05) is 0 Å². The Morgan fingerprint density at radius 1 is 0.923 bits per heavy atom. The Morgan fingerprint density at radius 3 is 1.92 bits per heavy atom. The summed E-state index contributed by atoms with van der Waals surface area (Å²) in [5.41, 5.74) is 0.842. The van der Waals surface area contributed by atoms with Crippen molar-refractivity contribution in [1.82, 2.24) is 0 Å². The minimum atomic E-state index is 0.842. The number of rotatable bonds is 1. The summed E-state index contributed by atoms with van der Waals surface area (Å²) in [5.74, 6) is 6.43. The van der Waals surface area contributed by atoms with Crippen LogP contribution in [0.25, 0.3) is 0 Å². The molecule has 0 radical (unpaired) electrons. The van der Waals surface area contributed by atoms with E-state index in [9.17, 15) is 0 Å². The zero-order valence-electron chi connectivity index (χ0n) is 9.38. The van der Waals surface area contributed by atoms with Gasteiger partial charge in [-0.3, -0.25) is 0 Å². The van der Waals surface area contributed by atoms with Gasteiger partial charge in [-0.05, 0) is 53.8 Å². The molecule has 0 N–H and O–H groups in total. The fourth-order valence-electron chi connectivity index (χ4n) is 4.64. The molecule has 0 nitrogen and oxygen atoms in total. The average Bonchev–Trinajstić information content (AvgIpc) is 2.92. The van der Waals surface area contributed by atoms with E-state index in [1.807, 2.05) is 0 Å². The minimum Gasteiger partial charge on any atom is -0.0622 e. The van der Waals surface area contributed by atoms with Gasteiger partial charge < -0.3 is 0 Å². The van der Waals surface area contributed by atoms with Crippen LogP contribution >= 0.6 is 0 Å². The van der Waals surface area contributed by atoms with E-state index in [1.54, 1.807) is 6.42 Å². The summed E-state index contributed by atoms with van der Waals surface area (Å²) in [6.07, 6.45) is 3.08. The van der Waals surface area contributed by atoms with Gasteiger partial charge in [0.05, 0.1) is 0 Å². The van der Waals surface area contributed by atoms with E-state index in [1.165, 1.54) is 6.42 Å². The Morgan fingerprint density at radius 2 is 1.54 bits per heavy atom. The van der Waals surface area contributed by atoms with Crippen molar-refractivity contribution < 1.29 is 0 Å². The fraction of sp³-hybridized carbons (Fsp3) is 1.00. The van der Waals surface area contributed by atoms with Crippen molar-refractivity contribution in [3.63, 3.8) is 0 Å². The van der Waals surface area contributed by atoms with Gasteiger partial charge in [-0.2, -0.15) is 0 Å². The maximum atomic E-state index is 2.51. The van der Waals surface area contributed by atoms with Crippen molar-refractivity contribution in [3.8, 4) is 0 Å². The fourth-order valence-corrected chi connectivity index (χ4v) is 4.64. The van der Waals surface area contributed by atoms with E-state index in [-0.39, 0.29) is 0 Å². The third-order valence-corrected chi connectivity index (χ3v) is 5.91. The lowest BCUT2D eigenvalue weighted by Crippen LogP contribution is -2.37. The van der Waals surface area contributed by atoms with Gasteiger partial charge in [0.2, 0.25) is 0 Å². The first kappa shape index (κ1) is 8.32. The highest BCUT2D eigenvalue weighted by molar-refractivity contribution is 5.21. The van der Waals surface area contributed by atoms with Crippen LogP contribution in [-0.4, -0.2) is 0 Å². The zero-order chi connectivity index (χ0) is 9.38. The Kier molecular flexibility index (Phi) is 1.37. The first-order valence-corrected chi connectivity index (χ1v) is 6.09. The molecule has 0 saturated heterocycles. The molecule has 1 spiro atoms. The smallest absolute Gasteiger partial charge is 0.0204 e. The van der Waals surface area contributed by atoms with E-state index < -0.39 is 0 Å². The predicted molar refractivity (Wildman–Crippen MR) is 55.3 cm³/mol. The Bertz CT molecular complexity index is 244. The molecule has 3 rings (SSSR count). The Balaban J connectivity index is 1.75. The van der Waals surface area contributed by atoms with Gasteiger partial charge in [0.25, 0.3) is 0 Å². The van der Waals surface area contributed by atoms with Crippen LogP contribution in [0, 0.1) is 40.9 Å². The lowest BCUT2D eigenvalue weighted by Gasteiger charge is -2.44. The molecule has 3 fully saturated rings. The SMILES string of the molecule is CC1CC1C1C(C)C12CC(C)C2C. The molecule has 13 heavy (non-hydrogen) atoms.